The van der Waals surface area contributed by atoms with Crippen molar-refractivity contribution in [3.8, 4) is 0 Å². The minimum atomic E-state index is -4.56. The zero-order valence-corrected chi connectivity index (χ0v) is 40.4. The quantitative estimate of drug-likeness (QED) is 0.0359. The molecule has 0 spiro atoms. The highest BCUT2D eigenvalue weighted by Crippen LogP contribution is 2.38. The van der Waals surface area contributed by atoms with Crippen LogP contribution >= 0.6 is 7.82 Å². The molecule has 0 saturated heterocycles. The van der Waals surface area contributed by atoms with E-state index < -0.39 is 20.0 Å². The molecule has 9 heteroatoms. The van der Waals surface area contributed by atoms with Crippen LogP contribution in [0.2, 0.25) is 0 Å². The molecule has 0 radical (unpaired) electrons. The van der Waals surface area contributed by atoms with E-state index in [1.807, 2.05) is 21.1 Å². The summed E-state index contributed by atoms with van der Waals surface area (Å²) >= 11 is 0. The van der Waals surface area contributed by atoms with Crippen LogP contribution in [0.15, 0.2) is 0 Å². The highest BCUT2D eigenvalue weighted by molar-refractivity contribution is 7.45. The van der Waals surface area contributed by atoms with E-state index in [1.165, 1.54) is 193 Å². The molecule has 1 amide bonds. The molecule has 0 aliphatic rings. The van der Waals surface area contributed by atoms with Crippen LogP contribution in [0.1, 0.15) is 258 Å². The number of amides is 1. The number of hydrogen-bond acceptors (Lipinski definition) is 6. The molecule has 0 heterocycles. The molecule has 3 atom stereocenters. The SMILES string of the molecule is CCCCCCCCCCCCCCCCCCCCCCCCCC(=O)NC(COP(=O)([O-])OCC[N+](C)(C)C)C(O)CCCCCCCCCCCCCCC. The van der Waals surface area contributed by atoms with Gasteiger partial charge in [0.25, 0.3) is 7.82 Å². The number of unbranched alkanes of at least 4 members (excludes halogenated alkanes) is 34. The van der Waals surface area contributed by atoms with E-state index >= 15 is 0 Å². The van der Waals surface area contributed by atoms with Crippen molar-refractivity contribution in [1.29, 1.82) is 0 Å². The highest BCUT2D eigenvalue weighted by atomic mass is 31.2. The largest absolute Gasteiger partial charge is 0.756 e. The lowest BCUT2D eigenvalue weighted by Gasteiger charge is -2.30. The number of likely N-dealkylation sites (N-methyl/N-ethyl adjacent to an activating group) is 1. The molecule has 0 saturated carbocycles. The fraction of sp³-hybridized carbons (Fsp3) is 0.980. The number of carbonyl (C=O) groups is 1. The molecular formula is C49H101N2O6P. The van der Waals surface area contributed by atoms with Gasteiger partial charge < -0.3 is 28.8 Å². The zero-order valence-electron chi connectivity index (χ0n) is 39.5. The van der Waals surface area contributed by atoms with Crippen LogP contribution in [0.5, 0.6) is 0 Å². The van der Waals surface area contributed by atoms with Gasteiger partial charge in [-0.05, 0) is 12.8 Å². The van der Waals surface area contributed by atoms with Gasteiger partial charge in [-0.2, -0.15) is 0 Å². The Labute approximate surface area is 361 Å². The van der Waals surface area contributed by atoms with Gasteiger partial charge in [0.1, 0.15) is 13.2 Å². The van der Waals surface area contributed by atoms with E-state index in [1.54, 1.807) is 0 Å². The van der Waals surface area contributed by atoms with Crippen LogP contribution in [0.25, 0.3) is 0 Å². The number of phosphoric ester groups is 1. The normalized spacial score (nSPS) is 14.1. The number of aliphatic hydroxyl groups is 1. The predicted octanol–water partition coefficient (Wildman–Crippen LogP) is 13.9. The third-order valence-electron chi connectivity index (χ3n) is 11.8. The molecule has 0 aliphatic heterocycles. The van der Waals surface area contributed by atoms with Gasteiger partial charge in [0.2, 0.25) is 5.91 Å². The average molecular weight is 845 g/mol. The number of rotatable bonds is 47. The second-order valence-corrected chi connectivity index (χ2v) is 20.3. The van der Waals surface area contributed by atoms with Gasteiger partial charge in [-0.25, -0.2) is 0 Å². The van der Waals surface area contributed by atoms with Crippen LogP contribution in [-0.4, -0.2) is 68.5 Å². The van der Waals surface area contributed by atoms with Crippen LogP contribution in [0.4, 0.5) is 0 Å². The van der Waals surface area contributed by atoms with Gasteiger partial charge in [0, 0.05) is 6.42 Å². The summed E-state index contributed by atoms with van der Waals surface area (Å²) in [4.78, 5) is 25.4. The van der Waals surface area contributed by atoms with E-state index in [4.69, 9.17) is 9.05 Å². The number of phosphoric acid groups is 1. The standard InChI is InChI=1S/C49H101N2O6P/c1-6-8-10-12-14-16-18-20-21-22-23-24-25-26-27-28-29-31-33-35-37-39-41-43-49(53)50-47(46-57-58(54,55)56-45-44-51(3,4)5)48(52)42-40-38-36-34-32-30-19-17-15-13-11-9-7-2/h47-48,52H,6-46H2,1-5H3,(H-,50,53,54,55). The van der Waals surface area contributed by atoms with Gasteiger partial charge in [-0.3, -0.25) is 9.36 Å². The molecule has 0 aromatic rings. The Morgan fingerprint density at radius 3 is 1.17 bits per heavy atom. The van der Waals surface area contributed by atoms with Gasteiger partial charge in [0.05, 0.1) is 39.9 Å². The highest BCUT2D eigenvalue weighted by Gasteiger charge is 2.24. The summed E-state index contributed by atoms with van der Waals surface area (Å²) in [6.45, 7) is 4.75. The van der Waals surface area contributed by atoms with Crippen molar-refractivity contribution in [3.63, 3.8) is 0 Å². The van der Waals surface area contributed by atoms with Crippen LogP contribution < -0.4 is 10.2 Å². The zero-order chi connectivity index (χ0) is 42.8. The Morgan fingerprint density at radius 1 is 0.534 bits per heavy atom. The second kappa shape index (κ2) is 41.8. The summed E-state index contributed by atoms with van der Waals surface area (Å²) < 4.78 is 23.3. The van der Waals surface area contributed by atoms with Crippen molar-refractivity contribution in [3.05, 3.63) is 0 Å². The molecule has 348 valence electrons. The molecule has 0 bridgehead atoms. The topological polar surface area (TPSA) is 108 Å². The summed E-state index contributed by atoms with van der Waals surface area (Å²) in [5, 5.41) is 13.9. The first kappa shape index (κ1) is 57.5. The maximum absolute atomic E-state index is 12.9. The lowest BCUT2D eigenvalue weighted by molar-refractivity contribution is -0.870. The summed E-state index contributed by atoms with van der Waals surface area (Å²) in [6, 6.07) is -0.793. The molecular weight excluding hydrogens is 744 g/mol. The molecule has 2 N–H and O–H groups in total. The third kappa shape index (κ3) is 43.6. The molecule has 0 aromatic heterocycles. The fourth-order valence-electron chi connectivity index (χ4n) is 7.81. The van der Waals surface area contributed by atoms with Crippen LogP contribution in [0.3, 0.4) is 0 Å². The Balaban J connectivity index is 4.15. The van der Waals surface area contributed by atoms with Crippen molar-refractivity contribution in [1.82, 2.24) is 5.32 Å². The monoisotopic (exact) mass is 845 g/mol. The van der Waals surface area contributed by atoms with Gasteiger partial charge in [-0.15, -0.1) is 0 Å². The minimum absolute atomic E-state index is 0.0162. The second-order valence-electron chi connectivity index (χ2n) is 18.9. The summed E-state index contributed by atoms with van der Waals surface area (Å²) in [7, 11) is 1.32. The van der Waals surface area contributed by atoms with Crippen molar-refractivity contribution in [2.24, 2.45) is 0 Å². The first-order valence-electron chi connectivity index (χ1n) is 25.4. The number of hydrogen-bond donors (Lipinski definition) is 2. The molecule has 3 unspecified atom stereocenters. The van der Waals surface area contributed by atoms with Crippen molar-refractivity contribution in [2.45, 2.75) is 270 Å². The minimum Gasteiger partial charge on any atom is -0.756 e. The van der Waals surface area contributed by atoms with E-state index in [9.17, 15) is 19.4 Å². The summed E-state index contributed by atoms with van der Waals surface area (Å²) in [5.41, 5.74) is 0. The van der Waals surface area contributed by atoms with Crippen LogP contribution in [0, 0.1) is 0 Å². The van der Waals surface area contributed by atoms with Gasteiger partial charge in [0.15, 0.2) is 0 Å². The average Bonchev–Trinajstić information content (AvgIpc) is 3.17. The maximum Gasteiger partial charge on any atom is 0.268 e. The number of carbonyl (C=O) groups excluding carboxylic acids is 1. The van der Waals surface area contributed by atoms with Crippen molar-refractivity contribution in [2.75, 3.05) is 40.9 Å². The number of nitrogens with zero attached hydrogens (tertiary/aromatic N) is 1. The third-order valence-corrected chi connectivity index (χ3v) is 12.8. The summed E-state index contributed by atoms with van der Waals surface area (Å²) in [6.07, 6.45) is 46.9. The van der Waals surface area contributed by atoms with E-state index in [0.29, 0.717) is 23.9 Å². The smallest absolute Gasteiger partial charge is 0.268 e. The predicted molar refractivity (Wildman–Crippen MR) is 247 cm³/mol. The van der Waals surface area contributed by atoms with E-state index in [2.05, 4.69) is 19.2 Å². The number of quaternary nitrogens is 1. The van der Waals surface area contributed by atoms with Crippen molar-refractivity contribution >= 4 is 13.7 Å². The van der Waals surface area contributed by atoms with E-state index in [0.717, 1.165) is 38.5 Å². The van der Waals surface area contributed by atoms with Crippen molar-refractivity contribution < 1.29 is 32.9 Å². The van der Waals surface area contributed by atoms with E-state index in [-0.39, 0.29) is 19.1 Å². The number of aliphatic hydroxyl groups excluding tert-OH is 1. The summed E-state index contributed by atoms with van der Waals surface area (Å²) in [5.74, 6) is -0.159. The molecule has 58 heavy (non-hydrogen) atoms. The Hall–Kier alpha value is -0.500. The molecule has 0 aromatic carbocycles. The first-order chi connectivity index (χ1) is 28.0. The first-order valence-corrected chi connectivity index (χ1v) is 26.8. The molecule has 8 nitrogen and oxygen atoms in total. The Bertz CT molecular complexity index is 916. The number of nitrogens with one attached hydrogen (secondary N) is 1. The molecule has 0 rings (SSSR count). The lowest BCUT2D eigenvalue weighted by Crippen LogP contribution is -2.46. The fourth-order valence-corrected chi connectivity index (χ4v) is 8.53. The lowest BCUT2D eigenvalue weighted by atomic mass is 10.0. The Kier molecular flexibility index (Phi) is 41.5. The maximum atomic E-state index is 12.9. The Morgan fingerprint density at radius 2 is 0.845 bits per heavy atom. The van der Waals surface area contributed by atoms with Gasteiger partial charge >= 0.3 is 0 Å². The van der Waals surface area contributed by atoms with Crippen LogP contribution in [-0.2, 0) is 18.4 Å². The molecule has 0 aliphatic carbocycles. The molecule has 0 fully saturated rings. The van der Waals surface area contributed by atoms with Gasteiger partial charge in [-0.1, -0.05) is 239 Å².